The van der Waals surface area contributed by atoms with Gasteiger partial charge >= 0.3 is 0 Å². The number of aryl methyl sites for hydroxylation is 4. The number of rotatable bonds is 5. The third-order valence-corrected chi connectivity index (χ3v) is 4.92. The van der Waals surface area contributed by atoms with Crippen LogP contribution in [0.3, 0.4) is 0 Å². The Morgan fingerprint density at radius 1 is 1.12 bits per heavy atom. The SMILES string of the molecule is CC(=O)c1c(C)nc(C)nc1S[C@@H](C)C(=O)Nc1cc(C)ccc1C. The number of nitrogens with zero attached hydrogens (tertiary/aromatic N) is 2. The molecule has 1 N–H and O–H groups in total. The maximum atomic E-state index is 12.6. The van der Waals surface area contributed by atoms with E-state index in [9.17, 15) is 9.59 Å². The van der Waals surface area contributed by atoms with E-state index in [4.69, 9.17) is 0 Å². The lowest BCUT2D eigenvalue weighted by atomic mass is 10.1. The molecule has 0 unspecified atom stereocenters. The lowest BCUT2D eigenvalue weighted by Gasteiger charge is -2.16. The zero-order valence-electron chi connectivity index (χ0n) is 15.4. The van der Waals surface area contributed by atoms with Crippen molar-refractivity contribution in [1.29, 1.82) is 0 Å². The molecular formula is C19H23N3O2S. The fourth-order valence-electron chi connectivity index (χ4n) is 2.50. The molecule has 6 heteroatoms. The van der Waals surface area contributed by atoms with Crippen LogP contribution in [0.15, 0.2) is 23.2 Å². The maximum Gasteiger partial charge on any atom is 0.237 e. The number of hydrogen-bond acceptors (Lipinski definition) is 5. The van der Waals surface area contributed by atoms with Gasteiger partial charge in [0.05, 0.1) is 16.5 Å². The number of ketones is 1. The molecule has 5 nitrogen and oxygen atoms in total. The van der Waals surface area contributed by atoms with Crippen molar-refractivity contribution in [2.75, 3.05) is 5.32 Å². The summed E-state index contributed by atoms with van der Waals surface area (Å²) in [4.78, 5) is 33.1. The summed E-state index contributed by atoms with van der Waals surface area (Å²) in [5.74, 6) is 0.372. The number of thioether (sulfide) groups is 1. The van der Waals surface area contributed by atoms with E-state index in [1.54, 1.807) is 13.8 Å². The molecule has 0 fully saturated rings. The molecule has 1 atom stereocenters. The zero-order valence-corrected chi connectivity index (χ0v) is 16.2. The Balaban J connectivity index is 2.22. The van der Waals surface area contributed by atoms with Crippen molar-refractivity contribution in [3.63, 3.8) is 0 Å². The summed E-state index contributed by atoms with van der Waals surface area (Å²) < 4.78 is 0. The highest BCUT2D eigenvalue weighted by Crippen LogP contribution is 2.28. The minimum atomic E-state index is -0.397. The Morgan fingerprint density at radius 3 is 2.44 bits per heavy atom. The summed E-state index contributed by atoms with van der Waals surface area (Å²) in [6, 6.07) is 5.94. The number of hydrogen-bond donors (Lipinski definition) is 1. The van der Waals surface area contributed by atoms with Crippen molar-refractivity contribution in [2.24, 2.45) is 0 Å². The zero-order chi connectivity index (χ0) is 18.7. The highest BCUT2D eigenvalue weighted by atomic mass is 32.2. The third kappa shape index (κ3) is 4.66. The predicted octanol–water partition coefficient (Wildman–Crippen LogP) is 4.03. The lowest BCUT2D eigenvalue weighted by Crippen LogP contribution is -2.23. The Labute approximate surface area is 152 Å². The molecule has 132 valence electrons. The number of amides is 1. The first-order valence-corrected chi connectivity index (χ1v) is 8.98. The number of benzene rings is 1. The molecular weight excluding hydrogens is 334 g/mol. The van der Waals surface area contributed by atoms with E-state index >= 15 is 0 Å². The van der Waals surface area contributed by atoms with Gasteiger partial charge in [0.25, 0.3) is 0 Å². The van der Waals surface area contributed by atoms with Gasteiger partial charge in [0.1, 0.15) is 10.9 Å². The number of carbonyl (C=O) groups is 2. The van der Waals surface area contributed by atoms with Gasteiger partial charge < -0.3 is 5.32 Å². The van der Waals surface area contributed by atoms with Crippen LogP contribution in [-0.2, 0) is 4.79 Å². The maximum absolute atomic E-state index is 12.6. The highest BCUT2D eigenvalue weighted by molar-refractivity contribution is 8.00. The van der Waals surface area contributed by atoms with E-state index in [2.05, 4.69) is 15.3 Å². The van der Waals surface area contributed by atoms with Gasteiger partial charge in [0.2, 0.25) is 5.91 Å². The first-order valence-electron chi connectivity index (χ1n) is 8.10. The van der Waals surface area contributed by atoms with Crippen LogP contribution in [0.4, 0.5) is 5.69 Å². The van der Waals surface area contributed by atoms with Gasteiger partial charge in [-0.3, -0.25) is 9.59 Å². The van der Waals surface area contributed by atoms with Gasteiger partial charge in [-0.05, 0) is 58.7 Å². The Kier molecular flexibility index (Phi) is 5.95. The Hall–Kier alpha value is -2.21. The third-order valence-electron chi connectivity index (χ3n) is 3.83. The van der Waals surface area contributed by atoms with Gasteiger partial charge in [-0.2, -0.15) is 0 Å². The molecule has 0 bridgehead atoms. The Morgan fingerprint density at radius 2 is 1.80 bits per heavy atom. The van der Waals surface area contributed by atoms with Crippen LogP contribution in [0.25, 0.3) is 0 Å². The van der Waals surface area contributed by atoms with Crippen LogP contribution in [0.1, 0.15) is 46.9 Å². The highest BCUT2D eigenvalue weighted by Gasteiger charge is 2.21. The summed E-state index contributed by atoms with van der Waals surface area (Å²) in [6.45, 7) is 10.8. The first-order chi connectivity index (χ1) is 11.7. The normalized spacial score (nSPS) is 11.9. The minimum absolute atomic E-state index is 0.0952. The van der Waals surface area contributed by atoms with Crippen molar-refractivity contribution >= 4 is 29.1 Å². The van der Waals surface area contributed by atoms with Crippen LogP contribution in [0.5, 0.6) is 0 Å². The number of carbonyl (C=O) groups excluding carboxylic acids is 2. The number of Topliss-reactive ketones (excluding diaryl/α,β-unsaturated/α-hetero) is 1. The lowest BCUT2D eigenvalue weighted by molar-refractivity contribution is -0.115. The van der Waals surface area contributed by atoms with Crippen LogP contribution >= 0.6 is 11.8 Å². The van der Waals surface area contributed by atoms with Gasteiger partial charge in [0, 0.05) is 5.69 Å². The van der Waals surface area contributed by atoms with Gasteiger partial charge in [-0.15, -0.1) is 0 Å². The fraction of sp³-hybridized carbons (Fsp3) is 0.368. The van der Waals surface area contributed by atoms with Gasteiger partial charge in [-0.25, -0.2) is 9.97 Å². The van der Waals surface area contributed by atoms with Gasteiger partial charge in [-0.1, -0.05) is 23.9 Å². The van der Waals surface area contributed by atoms with Crippen molar-refractivity contribution in [2.45, 2.75) is 51.8 Å². The molecule has 0 aliphatic rings. The van der Waals surface area contributed by atoms with Crippen LogP contribution in [0, 0.1) is 27.7 Å². The molecule has 1 heterocycles. The van der Waals surface area contributed by atoms with Crippen molar-refractivity contribution in [3.8, 4) is 0 Å². The molecule has 0 saturated heterocycles. The second-order valence-electron chi connectivity index (χ2n) is 6.16. The molecule has 0 aliphatic heterocycles. The second kappa shape index (κ2) is 7.78. The average molecular weight is 357 g/mol. The number of nitrogens with one attached hydrogen (secondary N) is 1. The van der Waals surface area contributed by atoms with Gasteiger partial charge in [0.15, 0.2) is 5.78 Å². The van der Waals surface area contributed by atoms with E-state index in [0.717, 1.165) is 16.8 Å². The van der Waals surface area contributed by atoms with Crippen molar-refractivity contribution in [1.82, 2.24) is 9.97 Å². The van der Waals surface area contributed by atoms with E-state index in [-0.39, 0.29) is 11.7 Å². The smallest absolute Gasteiger partial charge is 0.237 e. The fourth-order valence-corrected chi connectivity index (χ4v) is 3.59. The van der Waals surface area contributed by atoms with Crippen molar-refractivity contribution < 1.29 is 9.59 Å². The summed E-state index contributed by atoms with van der Waals surface area (Å²) in [5.41, 5.74) is 4.03. The summed E-state index contributed by atoms with van der Waals surface area (Å²) in [5, 5.41) is 3.12. The summed E-state index contributed by atoms with van der Waals surface area (Å²) in [7, 11) is 0. The number of aromatic nitrogens is 2. The summed E-state index contributed by atoms with van der Waals surface area (Å²) in [6.07, 6.45) is 0. The number of anilines is 1. The van der Waals surface area contributed by atoms with Crippen LogP contribution in [0.2, 0.25) is 0 Å². The largest absolute Gasteiger partial charge is 0.325 e. The van der Waals surface area contributed by atoms with E-state index in [0.29, 0.717) is 22.1 Å². The molecule has 2 rings (SSSR count). The molecule has 0 radical (unpaired) electrons. The molecule has 1 aromatic carbocycles. The average Bonchev–Trinajstić information content (AvgIpc) is 2.49. The molecule has 0 aliphatic carbocycles. The molecule has 0 spiro atoms. The Bertz CT molecular complexity index is 834. The quantitative estimate of drug-likeness (QED) is 0.497. The minimum Gasteiger partial charge on any atom is -0.325 e. The van der Waals surface area contributed by atoms with E-state index < -0.39 is 5.25 Å². The standard InChI is InChI=1S/C19H23N3O2S/c1-10-7-8-11(2)16(9-10)22-18(24)14(5)25-19-17(13(4)23)12(3)20-15(6)21-19/h7-9,14H,1-6H3,(H,22,24)/t14-/m0/s1. The summed E-state index contributed by atoms with van der Waals surface area (Å²) >= 11 is 1.28. The molecule has 1 amide bonds. The monoisotopic (exact) mass is 357 g/mol. The predicted molar refractivity (Wildman–Crippen MR) is 101 cm³/mol. The second-order valence-corrected chi connectivity index (χ2v) is 7.49. The van der Waals surface area contributed by atoms with Crippen LogP contribution < -0.4 is 5.32 Å². The topological polar surface area (TPSA) is 72.0 Å². The molecule has 0 saturated carbocycles. The van der Waals surface area contributed by atoms with Crippen LogP contribution in [-0.4, -0.2) is 26.9 Å². The molecule has 2 aromatic rings. The van der Waals surface area contributed by atoms with E-state index in [1.807, 2.05) is 39.0 Å². The molecule has 25 heavy (non-hydrogen) atoms. The van der Waals surface area contributed by atoms with E-state index in [1.165, 1.54) is 18.7 Å². The van der Waals surface area contributed by atoms with Crippen molar-refractivity contribution in [3.05, 3.63) is 46.4 Å². The first kappa shape index (κ1) is 19.1. The molecule has 1 aromatic heterocycles.